The maximum Gasteiger partial charge on any atom is 0.416 e. The minimum absolute atomic E-state index is 0.196. The number of benzene rings is 1. The molecule has 0 N–H and O–H groups in total. The molecule has 1 saturated carbocycles. The van der Waals surface area contributed by atoms with Crippen LogP contribution in [0.2, 0.25) is 0 Å². The lowest BCUT2D eigenvalue weighted by Crippen LogP contribution is -2.04. The lowest BCUT2D eigenvalue weighted by atomic mass is 10.1. The predicted molar refractivity (Wildman–Crippen MR) is 57.4 cm³/mol. The Bertz CT molecular complexity index is 393. The van der Waals surface area contributed by atoms with Crippen molar-refractivity contribution in [2.45, 2.75) is 25.6 Å². The monoisotopic (exact) mass is 243 g/mol. The van der Waals surface area contributed by atoms with Gasteiger partial charge in [-0.2, -0.15) is 13.2 Å². The molecule has 2 rings (SSSR count). The van der Waals surface area contributed by atoms with Crippen molar-refractivity contribution in [3.63, 3.8) is 0 Å². The number of hydrogen-bond acceptors (Lipinski definition) is 2. The summed E-state index contributed by atoms with van der Waals surface area (Å²) < 4.78 is 36.8. The SMILES string of the molecule is FC(F)(F)c1ccc(CON=CC2CC2)cc1. The zero-order valence-corrected chi connectivity index (χ0v) is 9.07. The molecule has 0 heterocycles. The minimum Gasteiger partial charge on any atom is -0.391 e. The van der Waals surface area contributed by atoms with Crippen LogP contribution in [0, 0.1) is 5.92 Å². The zero-order valence-electron chi connectivity index (χ0n) is 9.07. The van der Waals surface area contributed by atoms with Gasteiger partial charge in [-0.3, -0.25) is 0 Å². The fourth-order valence-electron chi connectivity index (χ4n) is 1.28. The van der Waals surface area contributed by atoms with Crippen molar-refractivity contribution in [2.75, 3.05) is 0 Å². The fourth-order valence-corrected chi connectivity index (χ4v) is 1.28. The molecule has 0 bridgehead atoms. The third kappa shape index (κ3) is 3.76. The maximum absolute atomic E-state index is 12.3. The Morgan fingerprint density at radius 1 is 1.24 bits per heavy atom. The Kier molecular flexibility index (Phi) is 3.36. The predicted octanol–water partition coefficient (Wildman–Crippen LogP) is 3.62. The molecule has 0 unspecified atom stereocenters. The molecule has 1 aliphatic rings. The van der Waals surface area contributed by atoms with Crippen LogP contribution in [0.15, 0.2) is 29.4 Å². The number of hydrogen-bond donors (Lipinski definition) is 0. The van der Waals surface area contributed by atoms with Gasteiger partial charge in [-0.1, -0.05) is 17.3 Å². The van der Waals surface area contributed by atoms with Crippen molar-refractivity contribution in [1.29, 1.82) is 0 Å². The molecule has 2 nitrogen and oxygen atoms in total. The van der Waals surface area contributed by atoms with Crippen LogP contribution in [0.5, 0.6) is 0 Å². The van der Waals surface area contributed by atoms with Gasteiger partial charge in [0.2, 0.25) is 0 Å². The van der Waals surface area contributed by atoms with E-state index in [0.717, 1.165) is 25.0 Å². The van der Waals surface area contributed by atoms with E-state index in [0.29, 0.717) is 11.5 Å². The van der Waals surface area contributed by atoms with Crippen molar-refractivity contribution in [1.82, 2.24) is 0 Å². The Morgan fingerprint density at radius 2 is 1.88 bits per heavy atom. The highest BCUT2D eigenvalue weighted by Gasteiger charge is 2.29. The van der Waals surface area contributed by atoms with Gasteiger partial charge in [-0.25, -0.2) is 0 Å². The molecule has 1 aromatic rings. The molecule has 92 valence electrons. The average Bonchev–Trinajstić information content (AvgIpc) is 3.08. The van der Waals surface area contributed by atoms with E-state index in [4.69, 9.17) is 4.84 Å². The smallest absolute Gasteiger partial charge is 0.391 e. The van der Waals surface area contributed by atoms with Crippen LogP contribution in [0.3, 0.4) is 0 Å². The maximum atomic E-state index is 12.3. The molecule has 1 fully saturated rings. The number of nitrogens with zero attached hydrogens (tertiary/aromatic N) is 1. The van der Waals surface area contributed by atoms with Gasteiger partial charge >= 0.3 is 6.18 Å². The first-order valence-electron chi connectivity index (χ1n) is 5.37. The second kappa shape index (κ2) is 4.77. The Balaban J connectivity index is 1.84. The zero-order chi connectivity index (χ0) is 12.3. The van der Waals surface area contributed by atoms with Gasteiger partial charge in [0, 0.05) is 6.21 Å². The molecule has 0 aliphatic heterocycles. The van der Waals surface area contributed by atoms with Crippen molar-refractivity contribution >= 4 is 6.21 Å². The number of rotatable bonds is 4. The molecule has 0 aromatic heterocycles. The summed E-state index contributed by atoms with van der Waals surface area (Å²) in [6.07, 6.45) is -0.256. The van der Waals surface area contributed by atoms with Crippen LogP contribution < -0.4 is 0 Å². The second-order valence-corrected chi connectivity index (χ2v) is 4.06. The average molecular weight is 243 g/mol. The number of oxime groups is 1. The van der Waals surface area contributed by atoms with E-state index in [-0.39, 0.29) is 6.61 Å². The molecular formula is C12H12F3NO. The van der Waals surface area contributed by atoms with E-state index >= 15 is 0 Å². The molecule has 0 atom stereocenters. The van der Waals surface area contributed by atoms with E-state index in [1.54, 1.807) is 6.21 Å². The largest absolute Gasteiger partial charge is 0.416 e. The highest BCUT2D eigenvalue weighted by molar-refractivity contribution is 5.62. The van der Waals surface area contributed by atoms with Gasteiger partial charge in [0.05, 0.1) is 5.56 Å². The molecule has 0 spiro atoms. The first kappa shape index (κ1) is 12.0. The van der Waals surface area contributed by atoms with E-state index in [1.165, 1.54) is 12.1 Å². The van der Waals surface area contributed by atoms with Gasteiger partial charge in [-0.15, -0.1) is 0 Å². The van der Waals surface area contributed by atoms with Crippen LogP contribution in [0.25, 0.3) is 0 Å². The fraction of sp³-hybridized carbons (Fsp3) is 0.417. The van der Waals surface area contributed by atoms with E-state index in [9.17, 15) is 13.2 Å². The molecule has 0 saturated heterocycles. The topological polar surface area (TPSA) is 21.6 Å². The molecular weight excluding hydrogens is 231 g/mol. The second-order valence-electron chi connectivity index (χ2n) is 4.06. The lowest BCUT2D eigenvalue weighted by Gasteiger charge is -2.06. The standard InChI is InChI=1S/C12H12F3NO/c13-12(14,15)11-5-3-10(4-6-11)8-17-16-7-9-1-2-9/h3-7,9H,1-2,8H2. The summed E-state index contributed by atoms with van der Waals surface area (Å²) in [5.74, 6) is 0.530. The van der Waals surface area contributed by atoms with Gasteiger partial charge in [-0.05, 0) is 36.5 Å². The summed E-state index contributed by atoms with van der Waals surface area (Å²) in [5, 5.41) is 3.75. The van der Waals surface area contributed by atoms with Crippen LogP contribution in [-0.2, 0) is 17.6 Å². The van der Waals surface area contributed by atoms with E-state index in [1.807, 2.05) is 0 Å². The Labute approximate surface area is 97.1 Å². The quantitative estimate of drug-likeness (QED) is 0.584. The first-order chi connectivity index (χ1) is 8.05. The van der Waals surface area contributed by atoms with Crippen LogP contribution >= 0.6 is 0 Å². The molecule has 17 heavy (non-hydrogen) atoms. The van der Waals surface area contributed by atoms with Gasteiger partial charge < -0.3 is 4.84 Å². The normalized spacial score (nSPS) is 16.4. The Hall–Kier alpha value is -1.52. The van der Waals surface area contributed by atoms with Crippen molar-refractivity contribution < 1.29 is 18.0 Å². The summed E-state index contributed by atoms with van der Waals surface area (Å²) in [6, 6.07) is 4.89. The summed E-state index contributed by atoms with van der Waals surface area (Å²) in [5.41, 5.74) is 0.0219. The minimum atomic E-state index is -4.29. The lowest BCUT2D eigenvalue weighted by molar-refractivity contribution is -0.137. The number of alkyl halides is 3. The van der Waals surface area contributed by atoms with Gasteiger partial charge in [0.1, 0.15) is 6.61 Å². The summed E-state index contributed by atoms with van der Waals surface area (Å²) in [4.78, 5) is 4.98. The van der Waals surface area contributed by atoms with Crippen LogP contribution in [0.4, 0.5) is 13.2 Å². The third-order valence-corrected chi connectivity index (χ3v) is 2.48. The van der Waals surface area contributed by atoms with Gasteiger partial charge in [0.15, 0.2) is 0 Å². The van der Waals surface area contributed by atoms with Gasteiger partial charge in [0.25, 0.3) is 0 Å². The van der Waals surface area contributed by atoms with Crippen LogP contribution in [-0.4, -0.2) is 6.21 Å². The van der Waals surface area contributed by atoms with Crippen molar-refractivity contribution in [2.24, 2.45) is 11.1 Å². The summed E-state index contributed by atoms with van der Waals surface area (Å²) in [6.45, 7) is 0.196. The van der Waals surface area contributed by atoms with E-state index in [2.05, 4.69) is 5.16 Å². The molecule has 0 radical (unpaired) electrons. The summed E-state index contributed by atoms with van der Waals surface area (Å²) >= 11 is 0. The first-order valence-corrected chi connectivity index (χ1v) is 5.37. The van der Waals surface area contributed by atoms with Crippen molar-refractivity contribution in [3.8, 4) is 0 Å². The van der Waals surface area contributed by atoms with Crippen LogP contribution in [0.1, 0.15) is 24.0 Å². The molecule has 0 amide bonds. The third-order valence-electron chi connectivity index (χ3n) is 2.48. The highest BCUT2D eigenvalue weighted by Crippen LogP contribution is 2.29. The summed E-state index contributed by atoms with van der Waals surface area (Å²) in [7, 11) is 0. The molecule has 1 aromatic carbocycles. The molecule has 1 aliphatic carbocycles. The van der Waals surface area contributed by atoms with E-state index < -0.39 is 11.7 Å². The highest BCUT2D eigenvalue weighted by atomic mass is 19.4. The number of halogens is 3. The Morgan fingerprint density at radius 3 is 2.41 bits per heavy atom. The molecule has 5 heteroatoms. The van der Waals surface area contributed by atoms with Crippen molar-refractivity contribution in [3.05, 3.63) is 35.4 Å².